The molecule has 0 aliphatic carbocycles. The predicted molar refractivity (Wildman–Crippen MR) is 92.1 cm³/mol. The second kappa shape index (κ2) is 12.7. The van der Waals surface area contributed by atoms with E-state index in [2.05, 4.69) is 5.73 Å². The molecule has 28 heavy (non-hydrogen) atoms. The van der Waals surface area contributed by atoms with Gasteiger partial charge in [-0.3, -0.25) is 4.79 Å². The molecule has 0 unspecified atom stereocenters. The summed E-state index contributed by atoms with van der Waals surface area (Å²) in [5.41, 5.74) is 4.52. The maximum absolute atomic E-state index is 10.3. The molecular formula is C14H14ClNO9S2Zn. The van der Waals surface area contributed by atoms with Crippen molar-refractivity contribution in [2.45, 2.75) is 9.79 Å². The van der Waals surface area contributed by atoms with Gasteiger partial charge < -0.3 is 25.1 Å². The minimum atomic E-state index is -4.53. The van der Waals surface area contributed by atoms with E-state index in [0.717, 1.165) is 24.3 Å². The third-order valence-corrected chi connectivity index (χ3v) is 4.43. The number of amides is 1. The summed E-state index contributed by atoms with van der Waals surface area (Å²) in [5.74, 6) is -1.59. The summed E-state index contributed by atoms with van der Waals surface area (Å²) < 4.78 is 62.0. The number of hydrogen-bond acceptors (Lipinski definition) is 9. The number of carbonyl (C=O) groups excluding carboxylic acids is 1. The van der Waals surface area contributed by atoms with Crippen LogP contribution in [-0.4, -0.2) is 47.9 Å². The van der Waals surface area contributed by atoms with E-state index in [1.165, 1.54) is 24.3 Å². The molecule has 0 saturated heterocycles. The second-order valence-electron chi connectivity index (χ2n) is 4.44. The average Bonchev–Trinajstić information content (AvgIpc) is 2.54. The summed E-state index contributed by atoms with van der Waals surface area (Å²) >= 11 is 4.86. The fraction of sp³-hybridized carbons (Fsp3) is 0.0714. The van der Waals surface area contributed by atoms with Crippen LogP contribution in [0.4, 0.5) is 0 Å². The SMILES string of the molecule is NC(=O)CCl.O=S(=O)([O-])c1ccccc1O.O=S(=O)([O-])c1ccccc1O.[Zn+2]. The van der Waals surface area contributed by atoms with Gasteiger partial charge in [0.15, 0.2) is 0 Å². The molecule has 0 spiro atoms. The van der Waals surface area contributed by atoms with E-state index in [-0.39, 0.29) is 25.4 Å². The fourth-order valence-corrected chi connectivity index (χ4v) is 2.48. The van der Waals surface area contributed by atoms with Crippen LogP contribution in [0.3, 0.4) is 0 Å². The Kier molecular flexibility index (Phi) is 12.9. The van der Waals surface area contributed by atoms with Gasteiger partial charge in [0.25, 0.3) is 0 Å². The molecule has 0 bridgehead atoms. The maximum atomic E-state index is 10.3. The normalized spacial score (nSPS) is 10.2. The number of benzene rings is 2. The van der Waals surface area contributed by atoms with Crippen molar-refractivity contribution in [1.29, 1.82) is 0 Å². The van der Waals surface area contributed by atoms with Gasteiger partial charge in [0, 0.05) is 0 Å². The summed E-state index contributed by atoms with van der Waals surface area (Å²) in [6.07, 6.45) is 0. The Morgan fingerprint density at radius 3 is 1.25 bits per heavy atom. The number of alkyl halides is 1. The molecule has 0 aliphatic heterocycles. The van der Waals surface area contributed by atoms with Gasteiger partial charge in [-0.2, -0.15) is 0 Å². The number of para-hydroxylation sites is 2. The molecule has 4 N–H and O–H groups in total. The van der Waals surface area contributed by atoms with Crippen LogP contribution in [0.2, 0.25) is 0 Å². The number of phenolic OH excluding ortho intramolecular Hbond substituents is 2. The first-order chi connectivity index (χ1) is 12.3. The quantitative estimate of drug-likeness (QED) is 0.298. The Labute approximate surface area is 179 Å². The summed E-state index contributed by atoms with van der Waals surface area (Å²) in [4.78, 5) is 8.29. The third kappa shape index (κ3) is 11.2. The minimum absolute atomic E-state index is 0. The molecule has 0 aromatic heterocycles. The van der Waals surface area contributed by atoms with Crippen molar-refractivity contribution in [3.05, 3.63) is 48.5 Å². The molecule has 0 aliphatic rings. The predicted octanol–water partition coefficient (Wildman–Crippen LogP) is 0.301. The van der Waals surface area contributed by atoms with Gasteiger partial charge in [-0.1, -0.05) is 24.3 Å². The number of rotatable bonds is 3. The first-order valence-corrected chi connectivity index (χ1v) is 9.97. The van der Waals surface area contributed by atoms with E-state index >= 15 is 0 Å². The molecule has 0 atom stereocenters. The van der Waals surface area contributed by atoms with Crippen LogP contribution in [0.15, 0.2) is 58.3 Å². The Bertz CT molecular complexity index is 908. The molecule has 0 saturated carbocycles. The van der Waals surface area contributed by atoms with Gasteiger partial charge in [-0.15, -0.1) is 11.6 Å². The molecule has 150 valence electrons. The van der Waals surface area contributed by atoms with Crippen molar-refractivity contribution in [1.82, 2.24) is 0 Å². The first-order valence-electron chi connectivity index (χ1n) is 6.62. The van der Waals surface area contributed by atoms with Crippen LogP contribution in [0, 0.1) is 0 Å². The van der Waals surface area contributed by atoms with E-state index in [1.54, 1.807) is 0 Å². The van der Waals surface area contributed by atoms with Gasteiger partial charge in [-0.05, 0) is 24.3 Å². The van der Waals surface area contributed by atoms with Crippen LogP contribution < -0.4 is 5.73 Å². The standard InChI is InChI=1S/2C6H6O4S.C2H4ClNO.Zn/c2*7-5-3-1-2-4-6(5)11(8,9)10;3-1-2(4)5;/h2*1-4,7H,(H,8,9,10);1H2,(H2,4,5);/q;;;+2/p-2. The topological polar surface area (TPSA) is 198 Å². The maximum Gasteiger partial charge on any atom is 2.00 e. The van der Waals surface area contributed by atoms with Crippen molar-refractivity contribution in [2.75, 3.05) is 5.88 Å². The Morgan fingerprint density at radius 1 is 0.857 bits per heavy atom. The van der Waals surface area contributed by atoms with Crippen LogP contribution in [0.25, 0.3) is 0 Å². The summed E-state index contributed by atoms with van der Waals surface area (Å²) in [6.45, 7) is 0. The Balaban J connectivity index is 0. The van der Waals surface area contributed by atoms with Crippen molar-refractivity contribution in [3.8, 4) is 11.5 Å². The van der Waals surface area contributed by atoms with Crippen molar-refractivity contribution in [3.63, 3.8) is 0 Å². The number of nitrogens with two attached hydrogens (primary N) is 1. The monoisotopic (exact) mass is 503 g/mol. The fourth-order valence-electron chi connectivity index (χ4n) is 1.34. The zero-order valence-electron chi connectivity index (χ0n) is 14.1. The number of halogens is 1. The molecule has 14 heteroatoms. The number of phenols is 2. The summed E-state index contributed by atoms with van der Waals surface area (Å²) in [5, 5.41) is 17.7. The van der Waals surface area contributed by atoms with E-state index < -0.39 is 47.4 Å². The molecule has 1 amide bonds. The zero-order chi connectivity index (χ0) is 21.3. The van der Waals surface area contributed by atoms with E-state index in [4.69, 9.17) is 21.8 Å². The van der Waals surface area contributed by atoms with Crippen molar-refractivity contribution in [2.24, 2.45) is 5.73 Å². The molecule has 10 nitrogen and oxygen atoms in total. The van der Waals surface area contributed by atoms with E-state index in [0.29, 0.717) is 0 Å². The summed E-state index contributed by atoms with van der Waals surface area (Å²) in [6, 6.07) is 9.99. The molecule has 2 aromatic carbocycles. The first kappa shape index (κ1) is 28.5. The van der Waals surface area contributed by atoms with Gasteiger partial charge >= 0.3 is 19.5 Å². The van der Waals surface area contributed by atoms with Gasteiger partial charge in [0.05, 0.1) is 9.79 Å². The number of hydrogen-bond donors (Lipinski definition) is 3. The number of carbonyl (C=O) groups is 1. The molecule has 0 fully saturated rings. The molecule has 0 radical (unpaired) electrons. The Hall–Kier alpha value is -1.76. The molecular weight excluding hydrogens is 491 g/mol. The number of aromatic hydroxyl groups is 2. The van der Waals surface area contributed by atoms with Crippen LogP contribution in [0.1, 0.15) is 0 Å². The summed E-state index contributed by atoms with van der Waals surface area (Å²) in [7, 11) is -9.07. The van der Waals surface area contributed by atoms with Crippen molar-refractivity contribution < 1.29 is 60.4 Å². The number of primary amides is 1. The minimum Gasteiger partial charge on any atom is -0.744 e. The van der Waals surface area contributed by atoms with E-state index in [9.17, 15) is 30.7 Å². The van der Waals surface area contributed by atoms with E-state index in [1.807, 2.05) is 0 Å². The smallest absolute Gasteiger partial charge is 0.744 e. The van der Waals surface area contributed by atoms with Gasteiger partial charge in [0.1, 0.15) is 37.6 Å². The Morgan fingerprint density at radius 2 is 1.11 bits per heavy atom. The van der Waals surface area contributed by atoms with Crippen LogP contribution >= 0.6 is 11.6 Å². The van der Waals surface area contributed by atoms with Gasteiger partial charge in [0.2, 0.25) is 5.91 Å². The van der Waals surface area contributed by atoms with Crippen LogP contribution in [0.5, 0.6) is 11.5 Å². The molecule has 2 aromatic rings. The third-order valence-electron chi connectivity index (χ3n) is 2.40. The average molecular weight is 505 g/mol. The second-order valence-corrected chi connectivity index (χ2v) is 7.41. The molecule has 2 rings (SSSR count). The largest absolute Gasteiger partial charge is 2.00 e. The van der Waals surface area contributed by atoms with Crippen molar-refractivity contribution >= 4 is 37.7 Å². The molecule has 0 heterocycles. The zero-order valence-corrected chi connectivity index (χ0v) is 19.4. The van der Waals surface area contributed by atoms with Crippen LogP contribution in [-0.2, 0) is 44.5 Å². The van der Waals surface area contributed by atoms with Gasteiger partial charge in [-0.25, -0.2) is 16.8 Å².